The molecular weight excluding hydrogens is 452 g/mol. The second-order valence-electron chi connectivity index (χ2n) is 8.85. The number of anilines is 1. The molecule has 0 saturated carbocycles. The Morgan fingerprint density at radius 1 is 1.11 bits per heavy atom. The van der Waals surface area contributed by atoms with E-state index in [1.807, 2.05) is 31.2 Å². The number of hydrogen-bond acceptors (Lipinski definition) is 5. The molecule has 1 aliphatic rings. The Morgan fingerprint density at radius 3 is 2.43 bits per heavy atom. The lowest BCUT2D eigenvalue weighted by Crippen LogP contribution is -2.36. The number of halogens is 2. The zero-order valence-electron chi connectivity index (χ0n) is 19.4. The topological polar surface area (TPSA) is 86.0 Å². The third-order valence-corrected chi connectivity index (χ3v) is 6.59. The van der Waals surface area contributed by atoms with Gasteiger partial charge in [0, 0.05) is 54.6 Å². The monoisotopic (exact) mass is 479 g/mol. The Balaban J connectivity index is 1.63. The number of nitrogens with zero attached hydrogens (tertiary/aromatic N) is 3. The van der Waals surface area contributed by atoms with Gasteiger partial charge in [-0.3, -0.25) is 9.78 Å². The van der Waals surface area contributed by atoms with Crippen LogP contribution in [0.15, 0.2) is 65.9 Å². The smallest absolute Gasteiger partial charge is 0.306 e. The molecule has 1 saturated heterocycles. The Morgan fingerprint density at radius 2 is 1.83 bits per heavy atom. The summed E-state index contributed by atoms with van der Waals surface area (Å²) in [7, 11) is 0. The SMILES string of the molecule is Cc1cc(C(C[C@@H](c2ccc(N3CCC(C(=O)O)CC3)cc2)c2ccc(F)cc2F)=NO)ccn1. The van der Waals surface area contributed by atoms with Crippen molar-refractivity contribution in [3.63, 3.8) is 0 Å². The second-order valence-corrected chi connectivity index (χ2v) is 8.85. The van der Waals surface area contributed by atoms with Gasteiger partial charge in [0.1, 0.15) is 11.6 Å². The Bertz CT molecular complexity index is 1220. The van der Waals surface area contributed by atoms with Crippen LogP contribution in [0.25, 0.3) is 0 Å². The number of benzene rings is 2. The molecule has 0 aliphatic carbocycles. The Kier molecular flexibility index (Phi) is 7.39. The molecule has 2 N–H and O–H groups in total. The summed E-state index contributed by atoms with van der Waals surface area (Å²) in [5.74, 6) is -2.93. The van der Waals surface area contributed by atoms with E-state index in [4.69, 9.17) is 0 Å². The number of carboxylic acid groups (broad SMARTS) is 1. The van der Waals surface area contributed by atoms with Crippen LogP contribution in [-0.2, 0) is 4.79 Å². The van der Waals surface area contributed by atoms with Crippen molar-refractivity contribution in [3.05, 3.63) is 94.8 Å². The highest BCUT2D eigenvalue weighted by molar-refractivity contribution is 6.00. The zero-order valence-corrected chi connectivity index (χ0v) is 19.4. The molecule has 2 aromatic carbocycles. The fourth-order valence-corrected chi connectivity index (χ4v) is 4.63. The third-order valence-electron chi connectivity index (χ3n) is 6.59. The van der Waals surface area contributed by atoms with Crippen molar-refractivity contribution >= 4 is 17.4 Å². The first kappa shape index (κ1) is 24.3. The van der Waals surface area contributed by atoms with Gasteiger partial charge in [0.05, 0.1) is 11.6 Å². The van der Waals surface area contributed by atoms with Crippen molar-refractivity contribution in [1.82, 2.24) is 4.98 Å². The van der Waals surface area contributed by atoms with Gasteiger partial charge in [0.2, 0.25) is 0 Å². The van der Waals surface area contributed by atoms with Crippen molar-refractivity contribution < 1.29 is 23.9 Å². The van der Waals surface area contributed by atoms with E-state index in [2.05, 4.69) is 15.0 Å². The van der Waals surface area contributed by atoms with Crippen molar-refractivity contribution in [2.75, 3.05) is 18.0 Å². The van der Waals surface area contributed by atoms with Crippen LogP contribution in [0.1, 0.15) is 47.6 Å². The highest BCUT2D eigenvalue weighted by Crippen LogP contribution is 2.34. The quantitative estimate of drug-likeness (QED) is 0.270. The number of pyridine rings is 1. The number of aliphatic carboxylic acids is 1. The number of piperidine rings is 1. The first-order chi connectivity index (χ1) is 16.9. The molecule has 0 bridgehead atoms. The van der Waals surface area contributed by atoms with Gasteiger partial charge in [-0.2, -0.15) is 0 Å². The summed E-state index contributed by atoms with van der Waals surface area (Å²) in [6.45, 7) is 3.12. The minimum Gasteiger partial charge on any atom is -0.481 e. The lowest BCUT2D eigenvalue weighted by molar-refractivity contribution is -0.142. The number of hydrogen-bond donors (Lipinski definition) is 2. The molecule has 8 heteroatoms. The summed E-state index contributed by atoms with van der Waals surface area (Å²) in [5, 5.41) is 22.5. The van der Waals surface area contributed by atoms with Gasteiger partial charge in [0.15, 0.2) is 0 Å². The average Bonchev–Trinajstić information content (AvgIpc) is 2.86. The van der Waals surface area contributed by atoms with E-state index in [1.54, 1.807) is 18.3 Å². The largest absolute Gasteiger partial charge is 0.481 e. The van der Waals surface area contributed by atoms with E-state index < -0.39 is 23.5 Å². The first-order valence-electron chi connectivity index (χ1n) is 11.5. The fraction of sp³-hybridized carbons (Fsp3) is 0.296. The maximum Gasteiger partial charge on any atom is 0.306 e. The van der Waals surface area contributed by atoms with Crippen LogP contribution in [-0.4, -0.2) is 40.1 Å². The molecule has 0 amide bonds. The molecule has 1 aliphatic heterocycles. The number of oxime groups is 1. The van der Waals surface area contributed by atoms with Crippen LogP contribution in [0.4, 0.5) is 14.5 Å². The molecule has 1 atom stereocenters. The number of carboxylic acids is 1. The van der Waals surface area contributed by atoms with Crippen LogP contribution < -0.4 is 4.90 Å². The molecule has 0 unspecified atom stereocenters. The number of aryl methyl sites for hydroxylation is 1. The molecule has 6 nitrogen and oxygen atoms in total. The van der Waals surface area contributed by atoms with Crippen LogP contribution in [0.5, 0.6) is 0 Å². The van der Waals surface area contributed by atoms with Crippen LogP contribution in [0.2, 0.25) is 0 Å². The lowest BCUT2D eigenvalue weighted by atomic mass is 9.85. The van der Waals surface area contributed by atoms with E-state index >= 15 is 0 Å². The third kappa shape index (κ3) is 5.65. The minimum atomic E-state index is -0.755. The summed E-state index contributed by atoms with van der Waals surface area (Å²) < 4.78 is 28.5. The van der Waals surface area contributed by atoms with Crippen LogP contribution in [0, 0.1) is 24.5 Å². The van der Waals surface area contributed by atoms with Crippen molar-refractivity contribution in [1.29, 1.82) is 0 Å². The summed E-state index contributed by atoms with van der Waals surface area (Å²) >= 11 is 0. The van der Waals surface area contributed by atoms with Gasteiger partial charge in [-0.25, -0.2) is 8.78 Å². The highest BCUT2D eigenvalue weighted by Gasteiger charge is 2.26. The van der Waals surface area contributed by atoms with Crippen molar-refractivity contribution in [2.24, 2.45) is 11.1 Å². The fourth-order valence-electron chi connectivity index (χ4n) is 4.63. The first-order valence-corrected chi connectivity index (χ1v) is 11.5. The Hall–Kier alpha value is -3.81. The molecule has 3 aromatic rings. The molecule has 1 fully saturated rings. The predicted molar refractivity (Wildman–Crippen MR) is 129 cm³/mol. The van der Waals surface area contributed by atoms with Crippen LogP contribution in [0.3, 0.4) is 0 Å². The minimum absolute atomic E-state index is 0.186. The summed E-state index contributed by atoms with van der Waals surface area (Å²) in [5.41, 5.74) is 3.83. The van der Waals surface area contributed by atoms with Crippen molar-refractivity contribution in [3.8, 4) is 0 Å². The molecule has 1 aromatic heterocycles. The van der Waals surface area contributed by atoms with E-state index in [9.17, 15) is 23.9 Å². The molecule has 0 spiro atoms. The molecule has 35 heavy (non-hydrogen) atoms. The van der Waals surface area contributed by atoms with Gasteiger partial charge in [-0.15, -0.1) is 0 Å². The van der Waals surface area contributed by atoms with Gasteiger partial charge in [0.25, 0.3) is 0 Å². The van der Waals surface area contributed by atoms with Gasteiger partial charge in [-0.1, -0.05) is 23.4 Å². The highest BCUT2D eigenvalue weighted by atomic mass is 19.1. The van der Waals surface area contributed by atoms with Gasteiger partial charge < -0.3 is 15.2 Å². The summed E-state index contributed by atoms with van der Waals surface area (Å²) in [4.78, 5) is 17.5. The van der Waals surface area contributed by atoms with Crippen LogP contribution >= 0.6 is 0 Å². The maximum atomic E-state index is 14.9. The molecule has 182 valence electrons. The van der Waals surface area contributed by atoms with E-state index in [-0.39, 0.29) is 12.3 Å². The molecular formula is C27H27F2N3O3. The van der Waals surface area contributed by atoms with E-state index in [0.29, 0.717) is 42.8 Å². The molecule has 0 radical (unpaired) electrons. The Labute approximate surface area is 202 Å². The average molecular weight is 480 g/mol. The predicted octanol–water partition coefficient (Wildman–Crippen LogP) is 5.37. The van der Waals surface area contributed by atoms with Gasteiger partial charge >= 0.3 is 5.97 Å². The van der Waals surface area contributed by atoms with E-state index in [0.717, 1.165) is 23.0 Å². The van der Waals surface area contributed by atoms with Crippen molar-refractivity contribution in [2.45, 2.75) is 32.1 Å². The standard InChI is InChI=1S/C27H27F2N3O3/c1-17-14-20(8-11-30-17)26(31-35)16-24(23-7-4-21(28)15-25(23)29)18-2-5-22(6-3-18)32-12-9-19(10-13-32)27(33)34/h2-8,11,14-15,19,24,35H,9-10,12-13,16H2,1H3,(H,33,34)/t24-/m0/s1. The number of carbonyl (C=O) groups is 1. The lowest BCUT2D eigenvalue weighted by Gasteiger charge is -2.32. The summed E-state index contributed by atoms with van der Waals surface area (Å²) in [6.07, 6.45) is 2.97. The maximum absolute atomic E-state index is 14.9. The molecule has 4 rings (SSSR count). The normalized spacial score (nSPS) is 15.7. The zero-order chi connectivity index (χ0) is 24.9. The summed E-state index contributed by atoms with van der Waals surface area (Å²) in [6, 6.07) is 14.6. The number of aromatic nitrogens is 1. The molecule has 2 heterocycles. The van der Waals surface area contributed by atoms with E-state index in [1.165, 1.54) is 12.1 Å². The van der Waals surface area contributed by atoms with Gasteiger partial charge in [-0.05, 0) is 61.2 Å². The number of rotatable bonds is 7. The second kappa shape index (κ2) is 10.6.